The first-order valence-electron chi connectivity index (χ1n) is 21.3. The van der Waals surface area contributed by atoms with Gasteiger partial charge in [0.2, 0.25) is 0 Å². The Morgan fingerprint density at radius 1 is 0.422 bits per heavy atom. The Hall–Kier alpha value is 1.29. The molecule has 0 aliphatic heterocycles. The number of unbranched alkanes of at least 4 members (excludes halogenated alkanes) is 14. The summed E-state index contributed by atoms with van der Waals surface area (Å²) in [7, 11) is 3.30. The van der Waals surface area contributed by atoms with Gasteiger partial charge in [0.15, 0.2) is 0 Å². The molecule has 2 aliphatic rings. The van der Waals surface area contributed by atoms with E-state index >= 15 is 0 Å². The molecule has 2 saturated carbocycles. The summed E-state index contributed by atoms with van der Waals surface area (Å²) >= 11 is 0. The topological polar surface area (TPSA) is 0 Å². The van der Waals surface area contributed by atoms with Gasteiger partial charge in [-0.2, -0.15) is 0 Å². The van der Waals surface area contributed by atoms with E-state index in [0.717, 1.165) is 16.2 Å². The highest BCUT2D eigenvalue weighted by Crippen LogP contribution is 2.71. The smallest absolute Gasteiger partial charge is 0.00575 e. The molecule has 0 aromatic carbocycles. The molecular weight excluding hydrogens is 597 g/mol. The molecule has 3 heteroatoms. The van der Waals surface area contributed by atoms with Crippen LogP contribution in [0.15, 0.2) is 0 Å². The van der Waals surface area contributed by atoms with Gasteiger partial charge in [0.05, 0.1) is 0 Å². The average Bonchev–Trinajstić information content (AvgIpc) is 3.07. The van der Waals surface area contributed by atoms with Gasteiger partial charge in [0.1, 0.15) is 0 Å². The van der Waals surface area contributed by atoms with Gasteiger partial charge in [-0.3, -0.25) is 0 Å². The summed E-state index contributed by atoms with van der Waals surface area (Å²) in [5.74, 6) is 1.06. The quantitative estimate of drug-likeness (QED) is 0.0544. The van der Waals surface area contributed by atoms with E-state index in [0.29, 0.717) is 0 Å². The lowest BCUT2D eigenvalue weighted by atomic mass is 9.66. The molecule has 0 spiro atoms. The minimum atomic E-state index is 0.127. The maximum absolute atomic E-state index is 3.04. The summed E-state index contributed by atoms with van der Waals surface area (Å²) in [4.78, 5) is 0. The van der Waals surface area contributed by atoms with Crippen LogP contribution in [0.2, 0.25) is 0 Å². The lowest BCUT2D eigenvalue weighted by Gasteiger charge is -2.60. The van der Waals surface area contributed by atoms with Gasteiger partial charge in [-0.25, -0.2) is 0 Å². The highest BCUT2D eigenvalue weighted by atomic mass is 31.1. The molecule has 2 rings (SSSR count). The molecule has 268 valence electrons. The second-order valence-electron chi connectivity index (χ2n) is 15.7. The van der Waals surface area contributed by atoms with E-state index in [1.54, 1.807) is 108 Å². The third-order valence-corrected chi connectivity index (χ3v) is 20.2. The molecule has 0 radical (unpaired) electrons. The molecule has 0 heterocycles. The Morgan fingerprint density at radius 3 is 1.07 bits per heavy atom. The fourth-order valence-electron chi connectivity index (χ4n) is 9.84. The van der Waals surface area contributed by atoms with Crippen molar-refractivity contribution in [2.24, 2.45) is 5.92 Å². The van der Waals surface area contributed by atoms with E-state index in [2.05, 4.69) is 36.9 Å². The third kappa shape index (κ3) is 15.0. The van der Waals surface area contributed by atoms with Crippen molar-refractivity contribution in [2.45, 2.75) is 231 Å². The first-order chi connectivity index (χ1) is 22.1. The number of hydrogen-bond donors (Lipinski definition) is 0. The van der Waals surface area contributed by atoms with Crippen molar-refractivity contribution >= 4 is 25.1 Å². The van der Waals surface area contributed by atoms with Gasteiger partial charge in [-0.05, 0) is 111 Å². The van der Waals surface area contributed by atoms with Crippen molar-refractivity contribution in [2.75, 3.05) is 30.8 Å². The van der Waals surface area contributed by atoms with E-state index < -0.39 is 0 Å². The molecule has 2 aliphatic carbocycles. The highest BCUT2D eigenvalue weighted by molar-refractivity contribution is 7.60. The maximum Gasteiger partial charge on any atom is -0.00575 e. The maximum atomic E-state index is 3.04. The number of rotatable bonds is 29. The Morgan fingerprint density at radius 2 is 0.756 bits per heavy atom. The standard InChI is InChI=1S/C42H85P3/c1-5-9-13-26-36-44(37-27-14-10-6-2)41(31-21-18-22-32-41)40(30-20-17-25-35-43)42(33-23-19-24-34-42)45(38-28-15-11-7-3)39-29-16-12-8-4/h40H,5-39,43H2,1-4H3. The van der Waals surface area contributed by atoms with Crippen LogP contribution in [0.1, 0.15) is 220 Å². The SMILES string of the molecule is CCCCCCP(CCCCCC)C1(C(CCCCCP)C2(P(CCCCCC)CCCCCC)CCCCC2)CCCCC1. The molecule has 0 aromatic heterocycles. The van der Waals surface area contributed by atoms with E-state index in [-0.39, 0.29) is 15.8 Å². The van der Waals surface area contributed by atoms with Crippen LogP contribution in [0.25, 0.3) is 0 Å². The summed E-state index contributed by atoms with van der Waals surface area (Å²) < 4.78 is 0. The molecule has 45 heavy (non-hydrogen) atoms. The van der Waals surface area contributed by atoms with Crippen LogP contribution in [-0.4, -0.2) is 41.1 Å². The summed E-state index contributed by atoms with van der Waals surface area (Å²) in [5.41, 5.74) is 0. The molecule has 0 saturated heterocycles. The van der Waals surface area contributed by atoms with Crippen molar-refractivity contribution < 1.29 is 0 Å². The summed E-state index contributed by atoms with van der Waals surface area (Å²) in [6.45, 7) is 9.66. The van der Waals surface area contributed by atoms with E-state index in [9.17, 15) is 0 Å². The summed E-state index contributed by atoms with van der Waals surface area (Å²) in [6.07, 6.45) is 53.4. The first kappa shape index (κ1) is 42.5. The summed E-state index contributed by atoms with van der Waals surface area (Å²) in [6, 6.07) is 0. The normalized spacial score (nSPS) is 18.4. The molecule has 1 atom stereocenters. The van der Waals surface area contributed by atoms with Crippen LogP contribution in [0.4, 0.5) is 0 Å². The zero-order valence-corrected chi connectivity index (χ0v) is 34.7. The van der Waals surface area contributed by atoms with Gasteiger partial charge in [-0.1, -0.05) is 156 Å². The van der Waals surface area contributed by atoms with Gasteiger partial charge in [0, 0.05) is 0 Å². The van der Waals surface area contributed by atoms with Crippen molar-refractivity contribution in [3.63, 3.8) is 0 Å². The van der Waals surface area contributed by atoms with Gasteiger partial charge in [-0.15, -0.1) is 25.1 Å². The van der Waals surface area contributed by atoms with Crippen LogP contribution in [-0.2, 0) is 0 Å². The van der Waals surface area contributed by atoms with Gasteiger partial charge in [0.25, 0.3) is 0 Å². The van der Waals surface area contributed by atoms with Crippen LogP contribution in [0.3, 0.4) is 0 Å². The predicted octanol–water partition coefficient (Wildman–Crippen LogP) is 15.7. The molecule has 0 bridgehead atoms. The largest absolute Gasteiger partial charge is 0.138 e. The predicted molar refractivity (Wildman–Crippen MR) is 218 cm³/mol. The zero-order chi connectivity index (χ0) is 32.5. The van der Waals surface area contributed by atoms with E-state index in [1.165, 1.54) is 115 Å². The second kappa shape index (κ2) is 27.1. The molecule has 0 aromatic rings. The highest BCUT2D eigenvalue weighted by Gasteiger charge is 2.55. The Bertz CT molecular complexity index is 576. The second-order valence-corrected chi connectivity index (χ2v) is 22.0. The van der Waals surface area contributed by atoms with Crippen LogP contribution >= 0.6 is 25.1 Å². The fraction of sp³-hybridized carbons (Fsp3) is 1.00. The van der Waals surface area contributed by atoms with Crippen LogP contribution in [0.5, 0.6) is 0 Å². The molecule has 0 N–H and O–H groups in total. The van der Waals surface area contributed by atoms with Crippen molar-refractivity contribution in [3.05, 3.63) is 0 Å². The van der Waals surface area contributed by atoms with Crippen LogP contribution in [0, 0.1) is 5.92 Å². The molecular formula is C42H85P3. The fourth-order valence-corrected chi connectivity index (χ4v) is 18.4. The first-order valence-corrected chi connectivity index (χ1v) is 25.6. The molecule has 2 fully saturated rings. The van der Waals surface area contributed by atoms with Crippen molar-refractivity contribution in [3.8, 4) is 0 Å². The molecule has 1 unspecified atom stereocenters. The Balaban J connectivity index is 2.58. The van der Waals surface area contributed by atoms with E-state index in [4.69, 9.17) is 0 Å². The Labute approximate surface area is 291 Å². The Kier molecular flexibility index (Phi) is 25.5. The molecule has 0 nitrogen and oxygen atoms in total. The lowest BCUT2D eigenvalue weighted by molar-refractivity contribution is 0.172. The molecule has 0 amide bonds. The van der Waals surface area contributed by atoms with E-state index in [1.807, 2.05) is 0 Å². The van der Waals surface area contributed by atoms with Crippen molar-refractivity contribution in [1.29, 1.82) is 0 Å². The minimum absolute atomic E-state index is 0.127. The lowest BCUT2D eigenvalue weighted by Crippen LogP contribution is -2.53. The van der Waals surface area contributed by atoms with Gasteiger partial charge >= 0.3 is 0 Å². The van der Waals surface area contributed by atoms with Crippen LogP contribution < -0.4 is 0 Å². The number of hydrogen-bond acceptors (Lipinski definition) is 0. The monoisotopic (exact) mass is 683 g/mol. The van der Waals surface area contributed by atoms with Crippen molar-refractivity contribution in [1.82, 2.24) is 0 Å². The zero-order valence-electron chi connectivity index (χ0n) is 31.8. The minimum Gasteiger partial charge on any atom is -0.138 e. The van der Waals surface area contributed by atoms with Gasteiger partial charge < -0.3 is 0 Å². The average molecular weight is 683 g/mol. The summed E-state index contributed by atoms with van der Waals surface area (Å²) in [5, 5.41) is 1.44. The third-order valence-electron chi connectivity index (χ3n) is 12.3.